The Morgan fingerprint density at radius 1 is 1.18 bits per heavy atom. The molecule has 2 N–H and O–H groups in total. The van der Waals surface area contributed by atoms with Crippen LogP contribution >= 0.6 is 34.8 Å². The third kappa shape index (κ3) is 6.47. The van der Waals surface area contributed by atoms with Gasteiger partial charge in [-0.25, -0.2) is 4.79 Å². The fraction of sp³-hybridized carbons (Fsp3) is 0.333. The van der Waals surface area contributed by atoms with E-state index in [2.05, 4.69) is 25.5 Å². The van der Waals surface area contributed by atoms with Crippen molar-refractivity contribution in [1.29, 1.82) is 5.26 Å². The van der Waals surface area contributed by atoms with Crippen molar-refractivity contribution in [1.82, 2.24) is 15.5 Å². The summed E-state index contributed by atoms with van der Waals surface area (Å²) in [6.45, 7) is 1.63. The summed E-state index contributed by atoms with van der Waals surface area (Å²) in [5, 5.41) is 23.2. The summed E-state index contributed by atoms with van der Waals surface area (Å²) in [6.07, 6.45) is 3.31. The molecule has 0 spiro atoms. The molecule has 3 rings (SSSR count). The Morgan fingerprint density at radius 2 is 1.85 bits per heavy atom. The van der Waals surface area contributed by atoms with Gasteiger partial charge in [0.1, 0.15) is 6.07 Å². The van der Waals surface area contributed by atoms with Gasteiger partial charge in [0.05, 0.1) is 22.3 Å². The number of aromatic nitrogens is 2. The zero-order valence-corrected chi connectivity index (χ0v) is 20.2. The van der Waals surface area contributed by atoms with Crippen molar-refractivity contribution in [3.63, 3.8) is 0 Å². The number of ether oxygens (including phenoxy) is 2. The van der Waals surface area contributed by atoms with Crippen LogP contribution < -0.4 is 15.5 Å². The number of nitrogens with zero attached hydrogens (tertiary/aromatic N) is 4. The summed E-state index contributed by atoms with van der Waals surface area (Å²) < 4.78 is 10.4. The molecule has 1 fully saturated rings. The van der Waals surface area contributed by atoms with Gasteiger partial charge in [-0.15, -0.1) is 10.2 Å². The van der Waals surface area contributed by atoms with Crippen LogP contribution in [0.25, 0.3) is 0 Å². The monoisotopic (exact) mass is 524 g/mol. The van der Waals surface area contributed by atoms with Crippen LogP contribution in [0.15, 0.2) is 23.3 Å². The third-order valence-electron chi connectivity index (χ3n) is 4.86. The summed E-state index contributed by atoms with van der Waals surface area (Å²) in [6, 6.07) is 6.15. The fourth-order valence-corrected chi connectivity index (χ4v) is 4.15. The molecule has 10 nitrogen and oxygen atoms in total. The van der Waals surface area contributed by atoms with Crippen molar-refractivity contribution in [3.05, 3.63) is 39.0 Å². The molecule has 178 valence electrons. The molecule has 1 aromatic heterocycles. The number of nitrogens with one attached hydrogen (secondary N) is 2. The van der Waals surface area contributed by atoms with Crippen molar-refractivity contribution in [2.75, 3.05) is 12.0 Å². The lowest BCUT2D eigenvalue weighted by Gasteiger charge is -2.14. The van der Waals surface area contributed by atoms with Gasteiger partial charge in [-0.05, 0) is 43.4 Å². The average Bonchev–Trinajstić information content (AvgIpc) is 3.32. The van der Waals surface area contributed by atoms with E-state index in [1.54, 1.807) is 19.1 Å². The number of benzene rings is 1. The molecule has 1 aromatic carbocycles. The Kier molecular flexibility index (Phi) is 8.87. The first-order valence-corrected chi connectivity index (χ1v) is 11.4. The number of imide groups is 1. The SMILES string of the molecule is CCOC(=O)NC(=O)/C(C#N)=N/Nc1cc(Cl)c(Oc2cc(C3CCCC3)c(Cl)nn2)c(Cl)c1. The molecule has 1 aliphatic rings. The van der Waals surface area contributed by atoms with Crippen LogP contribution in [0, 0.1) is 11.3 Å². The quantitative estimate of drug-likeness (QED) is 0.359. The van der Waals surface area contributed by atoms with Crippen LogP contribution in [0.2, 0.25) is 15.2 Å². The number of nitriles is 1. The number of carbonyl (C=O) groups is 2. The Balaban J connectivity index is 1.74. The first-order valence-electron chi connectivity index (χ1n) is 10.2. The predicted molar refractivity (Wildman–Crippen MR) is 127 cm³/mol. The number of hydrogen-bond donors (Lipinski definition) is 2. The molecule has 1 heterocycles. The van der Waals surface area contributed by atoms with E-state index in [4.69, 9.17) is 44.8 Å². The normalized spacial score (nSPS) is 13.8. The second-order valence-corrected chi connectivity index (χ2v) is 8.31. The molecule has 0 radical (unpaired) electrons. The molecule has 1 aliphatic carbocycles. The molecular formula is C21H19Cl3N6O4. The van der Waals surface area contributed by atoms with Crippen LogP contribution in [0.3, 0.4) is 0 Å². The highest BCUT2D eigenvalue weighted by atomic mass is 35.5. The van der Waals surface area contributed by atoms with E-state index in [1.807, 2.05) is 5.32 Å². The van der Waals surface area contributed by atoms with Crippen molar-refractivity contribution >= 4 is 58.2 Å². The summed E-state index contributed by atoms with van der Waals surface area (Å²) in [5.74, 6) is -0.412. The number of amides is 2. The van der Waals surface area contributed by atoms with Crippen molar-refractivity contribution < 1.29 is 19.1 Å². The maximum absolute atomic E-state index is 11.9. The summed E-state index contributed by atoms with van der Waals surface area (Å²) >= 11 is 18.9. The van der Waals surface area contributed by atoms with Crippen LogP contribution in [0.5, 0.6) is 11.6 Å². The maximum Gasteiger partial charge on any atom is 0.414 e. The zero-order valence-electron chi connectivity index (χ0n) is 17.9. The number of anilines is 1. The van der Waals surface area contributed by atoms with E-state index >= 15 is 0 Å². The number of hydrazone groups is 1. The van der Waals surface area contributed by atoms with Gasteiger partial charge in [0.2, 0.25) is 11.6 Å². The maximum atomic E-state index is 11.9. The zero-order chi connectivity index (χ0) is 24.7. The Bertz CT molecular complexity index is 1140. The van der Waals surface area contributed by atoms with Gasteiger partial charge in [-0.2, -0.15) is 10.4 Å². The molecular weight excluding hydrogens is 507 g/mol. The van der Waals surface area contributed by atoms with Crippen LogP contribution in [0.4, 0.5) is 10.5 Å². The minimum absolute atomic E-state index is 0.0608. The van der Waals surface area contributed by atoms with Gasteiger partial charge in [0, 0.05) is 6.07 Å². The second-order valence-electron chi connectivity index (χ2n) is 7.14. The van der Waals surface area contributed by atoms with E-state index in [0.29, 0.717) is 11.1 Å². The largest absolute Gasteiger partial charge is 0.450 e. The second kappa shape index (κ2) is 11.8. The first-order chi connectivity index (χ1) is 16.3. The highest BCUT2D eigenvalue weighted by Crippen LogP contribution is 2.41. The number of carbonyl (C=O) groups excluding carboxylic acids is 2. The summed E-state index contributed by atoms with van der Waals surface area (Å²) in [7, 11) is 0. The van der Waals surface area contributed by atoms with E-state index in [9.17, 15) is 9.59 Å². The van der Waals surface area contributed by atoms with E-state index in [0.717, 1.165) is 31.2 Å². The molecule has 0 saturated heterocycles. The first kappa shape index (κ1) is 25.5. The topological polar surface area (TPSA) is 139 Å². The Labute approximate surface area is 210 Å². The number of rotatable bonds is 7. The van der Waals surface area contributed by atoms with Gasteiger partial charge < -0.3 is 9.47 Å². The Morgan fingerprint density at radius 3 is 2.47 bits per heavy atom. The minimum Gasteiger partial charge on any atom is -0.450 e. The molecule has 13 heteroatoms. The van der Waals surface area contributed by atoms with Crippen LogP contribution in [0.1, 0.15) is 44.1 Å². The van der Waals surface area contributed by atoms with E-state index in [1.165, 1.54) is 12.1 Å². The fourth-order valence-electron chi connectivity index (χ4n) is 3.34. The number of alkyl carbamates (subject to hydrolysis) is 1. The molecule has 0 bridgehead atoms. The molecule has 0 unspecified atom stereocenters. The lowest BCUT2D eigenvalue weighted by molar-refractivity contribution is -0.114. The number of hydrogen-bond acceptors (Lipinski definition) is 9. The molecule has 1 saturated carbocycles. The number of halogens is 3. The average molecular weight is 526 g/mol. The van der Waals surface area contributed by atoms with E-state index < -0.39 is 17.7 Å². The Hall–Kier alpha value is -3.13. The van der Waals surface area contributed by atoms with Gasteiger partial charge in [0.15, 0.2) is 10.9 Å². The lowest BCUT2D eigenvalue weighted by atomic mass is 10.0. The van der Waals surface area contributed by atoms with Gasteiger partial charge in [-0.1, -0.05) is 47.6 Å². The third-order valence-corrected chi connectivity index (χ3v) is 5.72. The van der Waals surface area contributed by atoms with Gasteiger partial charge >= 0.3 is 6.09 Å². The molecule has 2 aromatic rings. The van der Waals surface area contributed by atoms with Crippen molar-refractivity contribution in [2.24, 2.45) is 5.10 Å². The standard InChI is InChI=1S/C21H19Cl3N6O4/c1-2-33-21(32)26-20(31)16(10-25)28-27-12-7-14(22)18(15(23)8-12)34-17-9-13(19(24)30-29-17)11-5-3-4-6-11/h7-9,11,27H,2-6H2,1H3,(H,26,31,32)/b28-16+. The van der Waals surface area contributed by atoms with Gasteiger partial charge in [-0.3, -0.25) is 15.5 Å². The van der Waals surface area contributed by atoms with Crippen LogP contribution in [-0.2, 0) is 9.53 Å². The van der Waals surface area contributed by atoms with E-state index in [-0.39, 0.29) is 34.0 Å². The summed E-state index contributed by atoms with van der Waals surface area (Å²) in [4.78, 5) is 23.3. The highest BCUT2D eigenvalue weighted by Gasteiger charge is 2.22. The predicted octanol–water partition coefficient (Wildman–Crippen LogP) is 5.45. The molecule has 0 aliphatic heterocycles. The van der Waals surface area contributed by atoms with Crippen LogP contribution in [-0.4, -0.2) is 34.5 Å². The summed E-state index contributed by atoms with van der Waals surface area (Å²) in [5.41, 5.74) is 3.00. The molecule has 0 atom stereocenters. The van der Waals surface area contributed by atoms with Crippen molar-refractivity contribution in [3.8, 4) is 17.7 Å². The minimum atomic E-state index is -1.04. The highest BCUT2D eigenvalue weighted by molar-refractivity contribution is 6.47. The smallest absolute Gasteiger partial charge is 0.414 e. The lowest BCUT2D eigenvalue weighted by Crippen LogP contribution is -2.36. The van der Waals surface area contributed by atoms with Gasteiger partial charge in [0.25, 0.3) is 5.91 Å². The van der Waals surface area contributed by atoms with Crippen molar-refractivity contribution in [2.45, 2.75) is 38.5 Å². The molecule has 2 amide bonds. The molecule has 34 heavy (non-hydrogen) atoms.